The largest absolute Gasteiger partial charge is 0.437 e. The lowest BCUT2D eigenvalue weighted by atomic mass is 10.0. The lowest BCUT2D eigenvalue weighted by Crippen LogP contribution is -2.27. The fourth-order valence-corrected chi connectivity index (χ4v) is 3.74. The maximum atomic E-state index is 12.5. The first kappa shape index (κ1) is 19.8. The number of aryl methyl sites for hydroxylation is 1. The molecule has 3 heterocycles. The molecule has 154 valence electrons. The monoisotopic (exact) mass is 397 g/mol. The van der Waals surface area contributed by atoms with Gasteiger partial charge in [0.25, 0.3) is 0 Å². The summed E-state index contributed by atoms with van der Waals surface area (Å²) in [6, 6.07) is 10.1. The van der Waals surface area contributed by atoms with Gasteiger partial charge in [0, 0.05) is 25.2 Å². The molecule has 0 amide bonds. The zero-order valence-corrected chi connectivity index (χ0v) is 16.9. The van der Waals surface area contributed by atoms with Crippen LogP contribution in [0.3, 0.4) is 0 Å². The number of nitrogens with zero attached hydrogens (tertiary/aromatic N) is 3. The van der Waals surface area contributed by atoms with E-state index in [0.29, 0.717) is 17.9 Å². The van der Waals surface area contributed by atoms with Gasteiger partial charge in [-0.15, -0.1) is 0 Å². The third-order valence-corrected chi connectivity index (χ3v) is 5.54. The van der Waals surface area contributed by atoms with E-state index in [0.717, 1.165) is 17.4 Å². The molecule has 1 saturated heterocycles. The van der Waals surface area contributed by atoms with E-state index in [-0.39, 0.29) is 12.6 Å². The molecule has 3 aromatic rings. The molecule has 29 heavy (non-hydrogen) atoms. The number of furan rings is 1. The molecule has 7 heteroatoms. The van der Waals surface area contributed by atoms with Gasteiger partial charge in [-0.2, -0.15) is 10.0 Å². The minimum Gasteiger partial charge on any atom is -0.437 e. The van der Waals surface area contributed by atoms with Gasteiger partial charge in [-0.05, 0) is 24.5 Å². The summed E-state index contributed by atoms with van der Waals surface area (Å²) in [7, 11) is 1.75. The van der Waals surface area contributed by atoms with Crippen molar-refractivity contribution in [3.05, 3.63) is 52.6 Å². The van der Waals surface area contributed by atoms with Gasteiger partial charge >= 0.3 is 5.69 Å². The van der Waals surface area contributed by atoms with E-state index in [4.69, 9.17) is 9.25 Å². The molecular weight excluding hydrogens is 370 g/mol. The topological polar surface area (TPSA) is 80.7 Å². The van der Waals surface area contributed by atoms with Crippen LogP contribution in [0.1, 0.15) is 44.4 Å². The molecule has 1 N–H and O–H groups in total. The van der Waals surface area contributed by atoms with E-state index < -0.39 is 11.9 Å². The first-order chi connectivity index (χ1) is 14.1. The number of aliphatic hydroxyl groups excluding tert-OH is 1. The van der Waals surface area contributed by atoms with Crippen LogP contribution in [-0.2, 0) is 11.3 Å². The van der Waals surface area contributed by atoms with Crippen LogP contribution < -0.4 is 5.69 Å². The number of fused-ring (bicyclic) bond motifs is 1. The molecule has 2 unspecified atom stereocenters. The van der Waals surface area contributed by atoms with E-state index in [1.807, 2.05) is 18.2 Å². The van der Waals surface area contributed by atoms with Crippen molar-refractivity contribution >= 4 is 11.1 Å². The molecule has 0 radical (unpaired) electrons. The molecule has 0 aliphatic carbocycles. The summed E-state index contributed by atoms with van der Waals surface area (Å²) in [4.78, 5) is 22.2. The first-order valence-electron chi connectivity index (χ1n) is 10.2. The Bertz CT molecular complexity index is 1020. The smallest absolute Gasteiger partial charge is 0.353 e. The Balaban J connectivity index is 1.58. The Hall–Kier alpha value is -2.48. The van der Waals surface area contributed by atoms with Crippen molar-refractivity contribution in [2.45, 2.75) is 51.3 Å². The minimum absolute atomic E-state index is 0.0261. The second-order valence-electron chi connectivity index (χ2n) is 7.63. The minimum atomic E-state index is -0.484. The first-order valence-corrected chi connectivity index (χ1v) is 10.2. The van der Waals surface area contributed by atoms with Crippen LogP contribution in [0, 0.1) is 0 Å². The van der Waals surface area contributed by atoms with Gasteiger partial charge < -0.3 is 9.52 Å². The Morgan fingerprint density at radius 1 is 1.24 bits per heavy atom. The molecule has 1 aliphatic rings. The second kappa shape index (κ2) is 8.49. The highest BCUT2D eigenvalue weighted by atomic mass is 16.7. The van der Waals surface area contributed by atoms with Crippen molar-refractivity contribution in [3.63, 3.8) is 0 Å². The standard InChI is InChI=1S/C22H27N3O4/c1-3-4-5-6-15-7-9-16(10-8-15)19-11-17-13-25(22(27)23-21(17)28-19)20-12-18(14-26)24(2)29-20/h7-11,13,18,20,26H,3-6,12,14H2,1-2H3. The molecule has 0 saturated carbocycles. The predicted molar refractivity (Wildman–Crippen MR) is 110 cm³/mol. The molecule has 1 aliphatic heterocycles. The third-order valence-electron chi connectivity index (χ3n) is 5.54. The van der Waals surface area contributed by atoms with Gasteiger partial charge in [-0.3, -0.25) is 9.40 Å². The average Bonchev–Trinajstić information content (AvgIpc) is 3.30. The van der Waals surface area contributed by atoms with Crippen LogP contribution in [-0.4, -0.2) is 39.4 Å². The van der Waals surface area contributed by atoms with Crippen LogP contribution in [0.4, 0.5) is 0 Å². The lowest BCUT2D eigenvalue weighted by Gasteiger charge is -2.14. The quantitative estimate of drug-likeness (QED) is 0.615. The zero-order chi connectivity index (χ0) is 20.4. The van der Waals surface area contributed by atoms with Gasteiger partial charge in [0.2, 0.25) is 5.71 Å². The van der Waals surface area contributed by atoms with Gasteiger partial charge in [-0.1, -0.05) is 44.0 Å². The second-order valence-corrected chi connectivity index (χ2v) is 7.63. The molecule has 4 rings (SSSR count). The number of hydrogen-bond donors (Lipinski definition) is 1. The summed E-state index contributed by atoms with van der Waals surface area (Å²) in [5.41, 5.74) is 2.16. The van der Waals surface area contributed by atoms with E-state index in [2.05, 4.69) is 24.0 Å². The Morgan fingerprint density at radius 3 is 2.72 bits per heavy atom. The van der Waals surface area contributed by atoms with E-state index in [1.165, 1.54) is 29.4 Å². The number of aromatic nitrogens is 2. The summed E-state index contributed by atoms with van der Waals surface area (Å²) in [6.07, 6.45) is 6.50. The average molecular weight is 397 g/mol. The summed E-state index contributed by atoms with van der Waals surface area (Å²) in [5, 5.41) is 11.7. The number of rotatable bonds is 7. The predicted octanol–water partition coefficient (Wildman–Crippen LogP) is 3.52. The fourth-order valence-electron chi connectivity index (χ4n) is 3.74. The van der Waals surface area contributed by atoms with Crippen molar-refractivity contribution < 1.29 is 14.4 Å². The number of hydrogen-bond acceptors (Lipinski definition) is 6. The van der Waals surface area contributed by atoms with Gasteiger partial charge in [0.05, 0.1) is 18.0 Å². The van der Waals surface area contributed by atoms with Crippen molar-refractivity contribution in [1.82, 2.24) is 14.6 Å². The molecule has 2 atom stereocenters. The molecular formula is C22H27N3O4. The summed E-state index contributed by atoms with van der Waals surface area (Å²) in [5.74, 6) is 0.683. The summed E-state index contributed by atoms with van der Waals surface area (Å²) >= 11 is 0. The molecule has 2 aromatic heterocycles. The summed E-state index contributed by atoms with van der Waals surface area (Å²) < 4.78 is 7.30. The number of unbranched alkanes of at least 4 members (excludes halogenated alkanes) is 2. The Labute approximate surface area is 169 Å². The van der Waals surface area contributed by atoms with Crippen LogP contribution in [0.5, 0.6) is 0 Å². The maximum Gasteiger partial charge on any atom is 0.353 e. The van der Waals surface area contributed by atoms with Crippen LogP contribution in [0.2, 0.25) is 0 Å². The molecule has 0 bridgehead atoms. The Kier molecular flexibility index (Phi) is 5.80. The van der Waals surface area contributed by atoms with Gasteiger partial charge in [-0.25, -0.2) is 4.79 Å². The number of benzene rings is 1. The van der Waals surface area contributed by atoms with Gasteiger partial charge in [0.15, 0.2) is 6.23 Å². The molecule has 1 fully saturated rings. The number of likely N-dealkylation sites (N-methyl/N-ethyl adjacent to an activating group) is 1. The van der Waals surface area contributed by atoms with Crippen LogP contribution in [0.25, 0.3) is 22.4 Å². The zero-order valence-electron chi connectivity index (χ0n) is 16.9. The lowest BCUT2D eigenvalue weighted by molar-refractivity contribution is -0.170. The van der Waals surface area contributed by atoms with Crippen molar-refractivity contribution in [1.29, 1.82) is 0 Å². The summed E-state index contributed by atoms with van der Waals surface area (Å²) in [6.45, 7) is 2.18. The fraction of sp³-hybridized carbons (Fsp3) is 0.455. The molecule has 0 spiro atoms. The van der Waals surface area contributed by atoms with E-state index in [9.17, 15) is 9.90 Å². The number of hydroxylamine groups is 2. The molecule has 7 nitrogen and oxygen atoms in total. The Morgan fingerprint density at radius 2 is 2.03 bits per heavy atom. The SMILES string of the molecule is CCCCCc1ccc(-c2cc3cn(C4CC(CO)N(C)O4)c(=O)nc3o2)cc1. The van der Waals surface area contributed by atoms with E-state index in [1.54, 1.807) is 18.3 Å². The highest BCUT2D eigenvalue weighted by molar-refractivity contribution is 5.79. The van der Waals surface area contributed by atoms with E-state index >= 15 is 0 Å². The number of aliphatic hydroxyl groups is 1. The highest BCUT2D eigenvalue weighted by Gasteiger charge is 2.32. The van der Waals surface area contributed by atoms with Crippen molar-refractivity contribution in [3.8, 4) is 11.3 Å². The maximum absolute atomic E-state index is 12.5. The van der Waals surface area contributed by atoms with Gasteiger partial charge in [0.1, 0.15) is 5.76 Å². The molecule has 1 aromatic carbocycles. The van der Waals surface area contributed by atoms with Crippen LogP contribution in [0.15, 0.2) is 45.7 Å². The third kappa shape index (κ3) is 4.12. The van der Waals surface area contributed by atoms with Crippen molar-refractivity contribution in [2.75, 3.05) is 13.7 Å². The highest BCUT2D eigenvalue weighted by Crippen LogP contribution is 2.30. The normalized spacial score (nSPS) is 20.0. The van der Waals surface area contributed by atoms with Crippen LogP contribution >= 0.6 is 0 Å². The van der Waals surface area contributed by atoms with Crippen molar-refractivity contribution in [2.24, 2.45) is 0 Å².